The van der Waals surface area contributed by atoms with Crippen LogP contribution in [0.5, 0.6) is 5.75 Å². The molecule has 1 heterocycles. The van der Waals surface area contributed by atoms with E-state index in [-0.39, 0.29) is 24.8 Å². The van der Waals surface area contributed by atoms with Gasteiger partial charge >= 0.3 is 5.97 Å². The first-order valence-corrected chi connectivity index (χ1v) is 7.89. The molecule has 0 saturated heterocycles. The molecule has 0 atom stereocenters. The highest BCUT2D eigenvalue weighted by Gasteiger charge is 2.25. The predicted octanol–water partition coefficient (Wildman–Crippen LogP) is 2.56. The molecule has 3 rings (SSSR count). The molecule has 2 aromatic carbocycles. The zero-order valence-electron chi connectivity index (χ0n) is 14.0. The van der Waals surface area contributed by atoms with Gasteiger partial charge in [0.1, 0.15) is 6.54 Å². The molecule has 0 spiro atoms. The number of rotatable bonds is 4. The van der Waals surface area contributed by atoms with Crippen molar-refractivity contribution < 1.29 is 19.1 Å². The second-order valence-corrected chi connectivity index (χ2v) is 5.99. The number of amides is 1. The maximum atomic E-state index is 12.4. The van der Waals surface area contributed by atoms with Crippen molar-refractivity contribution in [3.8, 4) is 5.75 Å². The van der Waals surface area contributed by atoms with Crippen LogP contribution in [0.2, 0.25) is 0 Å². The molecule has 1 amide bonds. The molecule has 6 nitrogen and oxygen atoms in total. The number of hydrogen-bond acceptors (Lipinski definition) is 5. The van der Waals surface area contributed by atoms with Gasteiger partial charge in [0.2, 0.25) is 5.91 Å². The fourth-order valence-electron chi connectivity index (χ4n) is 2.69. The Labute approximate surface area is 145 Å². The van der Waals surface area contributed by atoms with Crippen molar-refractivity contribution in [3.05, 3.63) is 53.6 Å². The first-order chi connectivity index (χ1) is 11.9. The first-order valence-electron chi connectivity index (χ1n) is 7.89. The highest BCUT2D eigenvalue weighted by atomic mass is 16.5. The lowest BCUT2D eigenvalue weighted by Crippen LogP contribution is -2.41. The summed E-state index contributed by atoms with van der Waals surface area (Å²) in [5.41, 5.74) is 2.75. The molecule has 2 aromatic rings. The van der Waals surface area contributed by atoms with Gasteiger partial charge in [-0.3, -0.25) is 9.59 Å². The van der Waals surface area contributed by atoms with Crippen LogP contribution in [0.1, 0.15) is 22.8 Å². The number of nitrogens with zero attached hydrogens (tertiary/aromatic N) is 1. The number of fused-ring (bicyclic) bond motifs is 1. The Morgan fingerprint density at radius 3 is 2.76 bits per heavy atom. The third kappa shape index (κ3) is 3.85. The molecular formula is C19H18N2O4. The number of benzene rings is 2. The molecule has 1 N–H and O–H groups in total. The Morgan fingerprint density at radius 2 is 2.00 bits per heavy atom. The molecule has 6 heteroatoms. The number of ether oxygens (including phenoxy) is 1. The largest absolute Gasteiger partial charge is 0.423 e. The Morgan fingerprint density at radius 1 is 1.20 bits per heavy atom. The molecule has 0 fully saturated rings. The van der Waals surface area contributed by atoms with Crippen molar-refractivity contribution in [1.82, 2.24) is 0 Å². The molecule has 0 bridgehead atoms. The van der Waals surface area contributed by atoms with E-state index >= 15 is 0 Å². The van der Waals surface area contributed by atoms with Crippen LogP contribution in [0.3, 0.4) is 0 Å². The van der Waals surface area contributed by atoms with Gasteiger partial charge in [0.05, 0.1) is 12.2 Å². The standard InChI is InChI=1S/C19H18N2O4/c1-12-6-7-16-17(8-12)25-19(24)11-21(16)10-18(23)20-15-5-3-4-14(9-15)13(2)22/h3-9H,10-11H2,1-2H3,(H,20,23). The fourth-order valence-corrected chi connectivity index (χ4v) is 2.69. The average molecular weight is 338 g/mol. The zero-order valence-corrected chi connectivity index (χ0v) is 14.0. The molecule has 0 unspecified atom stereocenters. The summed E-state index contributed by atoms with van der Waals surface area (Å²) in [6, 6.07) is 12.3. The number of carbonyl (C=O) groups excluding carboxylic acids is 3. The third-order valence-corrected chi connectivity index (χ3v) is 3.89. The van der Waals surface area contributed by atoms with Crippen molar-refractivity contribution >= 4 is 29.0 Å². The molecule has 128 valence electrons. The van der Waals surface area contributed by atoms with Crippen LogP contribution in [0, 0.1) is 6.92 Å². The lowest BCUT2D eigenvalue weighted by atomic mass is 10.1. The number of Topliss-reactive ketones (excluding diaryl/α,β-unsaturated/α-hetero) is 1. The van der Waals surface area contributed by atoms with Crippen LogP contribution in [-0.2, 0) is 9.59 Å². The van der Waals surface area contributed by atoms with Crippen LogP contribution in [0.15, 0.2) is 42.5 Å². The van der Waals surface area contributed by atoms with Crippen LogP contribution >= 0.6 is 0 Å². The number of esters is 1. The molecule has 1 aliphatic heterocycles. The SMILES string of the molecule is CC(=O)c1cccc(NC(=O)CN2CC(=O)Oc3cc(C)ccc32)c1. The van der Waals surface area contributed by atoms with Gasteiger partial charge in [0, 0.05) is 11.3 Å². The smallest absolute Gasteiger partial charge is 0.331 e. The minimum absolute atomic E-state index is 0.00938. The topological polar surface area (TPSA) is 75.7 Å². The van der Waals surface area contributed by atoms with E-state index in [1.807, 2.05) is 19.1 Å². The Kier molecular flexibility index (Phi) is 4.52. The van der Waals surface area contributed by atoms with E-state index in [9.17, 15) is 14.4 Å². The van der Waals surface area contributed by atoms with E-state index in [0.29, 0.717) is 22.7 Å². The first kappa shape index (κ1) is 16.7. The molecule has 0 saturated carbocycles. The molecule has 25 heavy (non-hydrogen) atoms. The van der Waals surface area contributed by atoms with Crippen LogP contribution in [0.4, 0.5) is 11.4 Å². The quantitative estimate of drug-likeness (QED) is 0.527. The minimum Gasteiger partial charge on any atom is -0.423 e. The van der Waals surface area contributed by atoms with Crippen molar-refractivity contribution in [2.75, 3.05) is 23.3 Å². The van der Waals surface area contributed by atoms with Gasteiger partial charge in [-0.25, -0.2) is 4.79 Å². The van der Waals surface area contributed by atoms with Gasteiger partial charge in [0.25, 0.3) is 0 Å². The number of anilines is 2. The van der Waals surface area contributed by atoms with Gasteiger partial charge < -0.3 is 15.0 Å². The Bertz CT molecular complexity index is 860. The van der Waals surface area contributed by atoms with Gasteiger partial charge in [-0.15, -0.1) is 0 Å². The molecule has 0 aliphatic carbocycles. The maximum absolute atomic E-state index is 12.4. The molecule has 0 aromatic heterocycles. The highest BCUT2D eigenvalue weighted by molar-refractivity contribution is 5.99. The fraction of sp³-hybridized carbons (Fsp3) is 0.211. The summed E-state index contributed by atoms with van der Waals surface area (Å²) in [5, 5.41) is 2.76. The van der Waals surface area contributed by atoms with Crippen molar-refractivity contribution in [2.24, 2.45) is 0 Å². The van der Waals surface area contributed by atoms with Crippen molar-refractivity contribution in [3.63, 3.8) is 0 Å². The lowest BCUT2D eigenvalue weighted by Gasteiger charge is -2.29. The minimum atomic E-state index is -0.399. The van der Waals surface area contributed by atoms with Gasteiger partial charge in [-0.05, 0) is 43.7 Å². The lowest BCUT2D eigenvalue weighted by molar-refractivity contribution is -0.133. The third-order valence-electron chi connectivity index (χ3n) is 3.89. The summed E-state index contributed by atoms with van der Waals surface area (Å²) in [6.07, 6.45) is 0. The summed E-state index contributed by atoms with van der Waals surface area (Å²) < 4.78 is 5.24. The number of aryl methyl sites for hydroxylation is 1. The summed E-state index contributed by atoms with van der Waals surface area (Å²) in [7, 11) is 0. The second-order valence-electron chi connectivity index (χ2n) is 5.99. The zero-order chi connectivity index (χ0) is 18.0. The van der Waals surface area contributed by atoms with E-state index < -0.39 is 5.97 Å². The van der Waals surface area contributed by atoms with Gasteiger partial charge in [-0.1, -0.05) is 18.2 Å². The van der Waals surface area contributed by atoms with Crippen LogP contribution in [0.25, 0.3) is 0 Å². The van der Waals surface area contributed by atoms with Gasteiger partial charge in [0.15, 0.2) is 11.5 Å². The van der Waals surface area contributed by atoms with Crippen LogP contribution in [-0.4, -0.2) is 30.7 Å². The Hall–Kier alpha value is -3.15. The van der Waals surface area contributed by atoms with Crippen molar-refractivity contribution in [1.29, 1.82) is 0 Å². The van der Waals surface area contributed by atoms with E-state index in [1.165, 1.54) is 6.92 Å². The summed E-state index contributed by atoms with van der Waals surface area (Å²) in [6.45, 7) is 3.40. The average Bonchev–Trinajstić information content (AvgIpc) is 2.54. The monoisotopic (exact) mass is 338 g/mol. The predicted molar refractivity (Wildman–Crippen MR) is 94.1 cm³/mol. The number of carbonyl (C=O) groups is 3. The highest BCUT2D eigenvalue weighted by Crippen LogP contribution is 2.32. The number of ketones is 1. The molecule has 1 aliphatic rings. The summed E-state index contributed by atoms with van der Waals surface area (Å²) >= 11 is 0. The van der Waals surface area contributed by atoms with Crippen LogP contribution < -0.4 is 15.0 Å². The van der Waals surface area contributed by atoms with E-state index in [0.717, 1.165) is 5.56 Å². The summed E-state index contributed by atoms with van der Waals surface area (Å²) in [4.78, 5) is 37.2. The Balaban J connectivity index is 1.74. The summed E-state index contributed by atoms with van der Waals surface area (Å²) in [5.74, 6) is -0.284. The molecular weight excluding hydrogens is 320 g/mol. The van der Waals surface area contributed by atoms with E-state index in [4.69, 9.17) is 4.74 Å². The van der Waals surface area contributed by atoms with E-state index in [1.54, 1.807) is 35.2 Å². The maximum Gasteiger partial charge on any atom is 0.331 e. The van der Waals surface area contributed by atoms with E-state index in [2.05, 4.69) is 5.32 Å². The number of hydrogen-bond donors (Lipinski definition) is 1. The van der Waals surface area contributed by atoms with Crippen molar-refractivity contribution in [2.45, 2.75) is 13.8 Å². The van der Waals surface area contributed by atoms with Gasteiger partial charge in [-0.2, -0.15) is 0 Å². The normalized spacial score (nSPS) is 13.0. The molecule has 0 radical (unpaired) electrons. The second kappa shape index (κ2) is 6.76. The number of nitrogens with one attached hydrogen (secondary N) is 1.